The normalized spacial score (nSPS) is 12.2. The standard InChI is InChI=1S/C14H16ClN3/c1-9-4-6-12(7-5-9)10(2)16-14-8-13(15)17-11(3)18-14/h4-8,10H,1-3H3,(H,16,17,18). The molecule has 0 amide bonds. The minimum atomic E-state index is 0.177. The van der Waals surface area contributed by atoms with Gasteiger partial charge in [-0.3, -0.25) is 0 Å². The Morgan fingerprint density at radius 3 is 2.39 bits per heavy atom. The predicted molar refractivity (Wildman–Crippen MR) is 75.0 cm³/mol. The zero-order chi connectivity index (χ0) is 13.1. The summed E-state index contributed by atoms with van der Waals surface area (Å²) >= 11 is 5.91. The van der Waals surface area contributed by atoms with Gasteiger partial charge in [0.2, 0.25) is 0 Å². The van der Waals surface area contributed by atoms with E-state index in [0.717, 1.165) is 5.82 Å². The minimum absolute atomic E-state index is 0.177. The van der Waals surface area contributed by atoms with Gasteiger partial charge in [-0.05, 0) is 26.3 Å². The molecule has 0 aliphatic heterocycles. The van der Waals surface area contributed by atoms with Crippen molar-refractivity contribution in [3.8, 4) is 0 Å². The van der Waals surface area contributed by atoms with Gasteiger partial charge in [-0.2, -0.15) is 0 Å². The van der Waals surface area contributed by atoms with E-state index < -0.39 is 0 Å². The first-order valence-electron chi connectivity index (χ1n) is 5.89. The van der Waals surface area contributed by atoms with E-state index >= 15 is 0 Å². The molecule has 94 valence electrons. The Kier molecular flexibility index (Phi) is 3.82. The average molecular weight is 262 g/mol. The summed E-state index contributed by atoms with van der Waals surface area (Å²) in [7, 11) is 0. The van der Waals surface area contributed by atoms with E-state index in [9.17, 15) is 0 Å². The number of nitrogens with zero attached hydrogens (tertiary/aromatic N) is 2. The molecule has 1 N–H and O–H groups in total. The molecule has 2 aromatic rings. The van der Waals surface area contributed by atoms with Crippen LogP contribution in [0.15, 0.2) is 30.3 Å². The van der Waals surface area contributed by atoms with E-state index in [-0.39, 0.29) is 6.04 Å². The molecule has 18 heavy (non-hydrogen) atoms. The van der Waals surface area contributed by atoms with Crippen LogP contribution in [0.1, 0.15) is 29.9 Å². The molecule has 1 aromatic heterocycles. The second kappa shape index (κ2) is 5.36. The molecule has 0 bridgehead atoms. The maximum Gasteiger partial charge on any atom is 0.134 e. The fraction of sp³-hybridized carbons (Fsp3) is 0.286. The number of anilines is 1. The van der Waals surface area contributed by atoms with Crippen molar-refractivity contribution in [2.24, 2.45) is 0 Å². The number of aromatic nitrogens is 2. The van der Waals surface area contributed by atoms with Crippen LogP contribution in [0.3, 0.4) is 0 Å². The Morgan fingerprint density at radius 2 is 1.78 bits per heavy atom. The topological polar surface area (TPSA) is 37.8 Å². The lowest BCUT2D eigenvalue weighted by atomic mass is 10.1. The van der Waals surface area contributed by atoms with Gasteiger partial charge in [0.25, 0.3) is 0 Å². The van der Waals surface area contributed by atoms with E-state index in [1.54, 1.807) is 6.07 Å². The lowest BCUT2D eigenvalue weighted by Crippen LogP contribution is -2.08. The summed E-state index contributed by atoms with van der Waals surface area (Å²) in [6.07, 6.45) is 0. The zero-order valence-corrected chi connectivity index (χ0v) is 11.5. The van der Waals surface area contributed by atoms with E-state index in [0.29, 0.717) is 11.0 Å². The van der Waals surface area contributed by atoms with E-state index in [2.05, 4.69) is 53.4 Å². The van der Waals surface area contributed by atoms with Gasteiger partial charge >= 0.3 is 0 Å². The molecule has 1 aromatic carbocycles. The van der Waals surface area contributed by atoms with Crippen LogP contribution >= 0.6 is 11.6 Å². The highest BCUT2D eigenvalue weighted by Gasteiger charge is 2.07. The fourth-order valence-electron chi connectivity index (χ4n) is 1.77. The minimum Gasteiger partial charge on any atom is -0.363 e. The van der Waals surface area contributed by atoms with E-state index in [1.807, 2.05) is 6.92 Å². The first-order chi connectivity index (χ1) is 8.54. The molecule has 4 heteroatoms. The van der Waals surface area contributed by atoms with Gasteiger partial charge in [0.1, 0.15) is 16.8 Å². The Morgan fingerprint density at radius 1 is 1.11 bits per heavy atom. The summed E-state index contributed by atoms with van der Waals surface area (Å²) in [5, 5.41) is 3.78. The van der Waals surface area contributed by atoms with Gasteiger partial charge in [-0.25, -0.2) is 9.97 Å². The second-order valence-electron chi connectivity index (χ2n) is 4.40. The molecular weight excluding hydrogens is 246 g/mol. The Balaban J connectivity index is 2.15. The molecule has 1 heterocycles. The summed E-state index contributed by atoms with van der Waals surface area (Å²) in [5.41, 5.74) is 2.47. The van der Waals surface area contributed by atoms with Gasteiger partial charge in [-0.1, -0.05) is 41.4 Å². The van der Waals surface area contributed by atoms with Gasteiger partial charge in [0, 0.05) is 12.1 Å². The van der Waals surface area contributed by atoms with Crippen LogP contribution in [0, 0.1) is 13.8 Å². The average Bonchev–Trinajstić information content (AvgIpc) is 2.28. The third kappa shape index (κ3) is 3.20. The van der Waals surface area contributed by atoms with Crippen LogP contribution in [0.25, 0.3) is 0 Å². The van der Waals surface area contributed by atoms with Crippen LogP contribution in [0.5, 0.6) is 0 Å². The first-order valence-corrected chi connectivity index (χ1v) is 6.26. The second-order valence-corrected chi connectivity index (χ2v) is 4.79. The van der Waals surface area contributed by atoms with Crippen LogP contribution in [0.2, 0.25) is 5.15 Å². The van der Waals surface area contributed by atoms with Crippen LogP contribution < -0.4 is 5.32 Å². The molecular formula is C14H16ClN3. The van der Waals surface area contributed by atoms with Crippen molar-refractivity contribution < 1.29 is 0 Å². The summed E-state index contributed by atoms with van der Waals surface area (Å²) in [4.78, 5) is 8.35. The Bertz CT molecular complexity index is 517. The van der Waals surface area contributed by atoms with Crippen molar-refractivity contribution in [2.75, 3.05) is 5.32 Å². The van der Waals surface area contributed by atoms with Gasteiger partial charge in [0.05, 0.1) is 0 Å². The van der Waals surface area contributed by atoms with Gasteiger partial charge in [-0.15, -0.1) is 0 Å². The van der Waals surface area contributed by atoms with Crippen LogP contribution in [-0.2, 0) is 0 Å². The van der Waals surface area contributed by atoms with Gasteiger partial charge < -0.3 is 5.32 Å². The van der Waals surface area contributed by atoms with E-state index in [4.69, 9.17) is 11.6 Å². The monoisotopic (exact) mass is 261 g/mol. The SMILES string of the molecule is Cc1ccc(C(C)Nc2cc(Cl)nc(C)n2)cc1. The smallest absolute Gasteiger partial charge is 0.134 e. The first kappa shape index (κ1) is 12.8. The van der Waals surface area contributed by atoms with Crippen molar-refractivity contribution >= 4 is 17.4 Å². The summed E-state index contributed by atoms with van der Waals surface area (Å²) in [5.74, 6) is 1.42. The van der Waals surface area contributed by atoms with Crippen molar-refractivity contribution in [1.29, 1.82) is 0 Å². The highest BCUT2D eigenvalue weighted by atomic mass is 35.5. The molecule has 1 atom stereocenters. The molecule has 3 nitrogen and oxygen atoms in total. The molecule has 0 saturated heterocycles. The lowest BCUT2D eigenvalue weighted by Gasteiger charge is -2.15. The number of nitrogens with one attached hydrogen (secondary N) is 1. The molecule has 2 rings (SSSR count). The van der Waals surface area contributed by atoms with Crippen molar-refractivity contribution in [1.82, 2.24) is 9.97 Å². The molecule has 0 saturated carbocycles. The highest BCUT2D eigenvalue weighted by molar-refractivity contribution is 6.29. The quantitative estimate of drug-likeness (QED) is 0.851. The number of halogens is 1. The van der Waals surface area contributed by atoms with Crippen molar-refractivity contribution in [2.45, 2.75) is 26.8 Å². The number of rotatable bonds is 3. The number of aryl methyl sites for hydroxylation is 2. The number of benzene rings is 1. The third-order valence-corrected chi connectivity index (χ3v) is 2.94. The number of hydrogen-bond acceptors (Lipinski definition) is 3. The summed E-state index contributed by atoms with van der Waals surface area (Å²) in [6.45, 7) is 6.00. The molecule has 0 radical (unpaired) electrons. The fourth-order valence-corrected chi connectivity index (χ4v) is 1.99. The molecule has 0 aliphatic carbocycles. The van der Waals surface area contributed by atoms with Crippen LogP contribution in [0.4, 0.5) is 5.82 Å². The molecule has 0 fully saturated rings. The van der Waals surface area contributed by atoms with Crippen LogP contribution in [-0.4, -0.2) is 9.97 Å². The maximum atomic E-state index is 5.91. The Labute approximate surface area is 112 Å². The van der Waals surface area contributed by atoms with Crippen molar-refractivity contribution in [3.05, 3.63) is 52.4 Å². The largest absolute Gasteiger partial charge is 0.363 e. The van der Waals surface area contributed by atoms with Crippen molar-refractivity contribution in [3.63, 3.8) is 0 Å². The molecule has 1 unspecified atom stereocenters. The predicted octanol–water partition coefficient (Wildman–Crippen LogP) is 3.92. The summed E-state index contributed by atoms with van der Waals surface area (Å²) in [6, 6.07) is 10.3. The zero-order valence-electron chi connectivity index (χ0n) is 10.7. The third-order valence-electron chi connectivity index (χ3n) is 2.75. The Hall–Kier alpha value is -1.61. The summed E-state index contributed by atoms with van der Waals surface area (Å²) < 4.78 is 0. The van der Waals surface area contributed by atoms with E-state index in [1.165, 1.54) is 11.1 Å². The molecule has 0 aliphatic rings. The van der Waals surface area contributed by atoms with Gasteiger partial charge in [0.15, 0.2) is 0 Å². The number of hydrogen-bond donors (Lipinski definition) is 1. The maximum absolute atomic E-state index is 5.91. The highest BCUT2D eigenvalue weighted by Crippen LogP contribution is 2.19. The molecule has 0 spiro atoms. The lowest BCUT2D eigenvalue weighted by molar-refractivity contribution is 0.866.